The minimum absolute atomic E-state index is 0.221. The van der Waals surface area contributed by atoms with Crippen molar-refractivity contribution in [1.82, 2.24) is 4.90 Å². The molecule has 2 aromatic carbocycles. The van der Waals surface area contributed by atoms with E-state index in [1.165, 1.54) is 53.5 Å². The molecule has 0 radical (unpaired) electrons. The number of nitrogens with zero attached hydrogens (tertiary/aromatic N) is 1. The molecule has 192 valence electrons. The third kappa shape index (κ3) is 5.59. The maximum Gasteiger partial charge on any atom is 0.335 e. The monoisotopic (exact) mass is 489 g/mol. The second-order valence-electron chi connectivity index (χ2n) is 11.5. The highest BCUT2D eigenvalue weighted by Gasteiger charge is 2.29. The normalized spacial score (nSPS) is 23.2. The molecule has 0 aromatic heterocycles. The molecular formula is C32H40FNO2. The average Bonchev–Trinajstić information content (AvgIpc) is 3.05. The van der Waals surface area contributed by atoms with E-state index in [1.54, 1.807) is 11.6 Å². The van der Waals surface area contributed by atoms with Gasteiger partial charge in [-0.1, -0.05) is 55.7 Å². The van der Waals surface area contributed by atoms with Crippen LogP contribution in [0.4, 0.5) is 4.39 Å². The lowest BCUT2D eigenvalue weighted by Crippen LogP contribution is -2.47. The number of alkyl halides is 1. The Morgan fingerprint density at radius 2 is 1.78 bits per heavy atom. The maximum atomic E-state index is 12.4. The van der Waals surface area contributed by atoms with Gasteiger partial charge >= 0.3 is 5.97 Å². The molecule has 0 bridgehead atoms. The van der Waals surface area contributed by atoms with E-state index in [9.17, 15) is 14.3 Å². The standard InChI is InChI=1S/C32H40FNO2/c1-22-6-10-25(11-7-22)29-5-2-4-27-19-28(32(35)36)14-15-30(27)31(29)26-12-8-23(9-13-26)18-24-20-34(21-24)17-3-16-33/h8-9,12-15,19,22,24-25H,2-7,10-11,16-18,20-21H2,1H3,(H,35,36)/t22-,25+. The van der Waals surface area contributed by atoms with Crippen molar-refractivity contribution in [2.75, 3.05) is 26.3 Å². The molecule has 1 aliphatic heterocycles. The van der Waals surface area contributed by atoms with Crippen molar-refractivity contribution < 1.29 is 14.3 Å². The summed E-state index contributed by atoms with van der Waals surface area (Å²) >= 11 is 0. The van der Waals surface area contributed by atoms with E-state index >= 15 is 0 Å². The first-order chi connectivity index (χ1) is 17.5. The number of aromatic carboxylic acids is 1. The number of hydrogen-bond acceptors (Lipinski definition) is 2. The summed E-state index contributed by atoms with van der Waals surface area (Å²) in [6.07, 6.45) is 9.98. The van der Waals surface area contributed by atoms with Crippen LogP contribution in [0.25, 0.3) is 5.57 Å². The Hall–Kier alpha value is -2.46. The van der Waals surface area contributed by atoms with E-state index in [4.69, 9.17) is 0 Å². The summed E-state index contributed by atoms with van der Waals surface area (Å²) in [5.41, 5.74) is 8.41. The van der Waals surface area contributed by atoms with Crippen LogP contribution in [0.15, 0.2) is 48.0 Å². The fourth-order valence-electron chi connectivity index (χ4n) is 6.72. The lowest BCUT2D eigenvalue weighted by molar-refractivity contribution is 0.0696. The number of hydrogen-bond donors (Lipinski definition) is 1. The Kier molecular flexibility index (Phi) is 7.90. The number of benzene rings is 2. The van der Waals surface area contributed by atoms with E-state index in [0.29, 0.717) is 23.8 Å². The molecule has 2 aliphatic carbocycles. The highest BCUT2D eigenvalue weighted by atomic mass is 19.1. The molecule has 1 saturated carbocycles. The van der Waals surface area contributed by atoms with E-state index in [-0.39, 0.29) is 6.67 Å². The summed E-state index contributed by atoms with van der Waals surface area (Å²) in [6, 6.07) is 15.0. The third-order valence-electron chi connectivity index (χ3n) is 8.75. The van der Waals surface area contributed by atoms with Gasteiger partial charge in [0.05, 0.1) is 12.2 Å². The van der Waals surface area contributed by atoms with E-state index in [2.05, 4.69) is 42.2 Å². The van der Waals surface area contributed by atoms with Gasteiger partial charge in [-0.2, -0.15) is 0 Å². The van der Waals surface area contributed by atoms with Gasteiger partial charge in [-0.25, -0.2) is 4.79 Å². The van der Waals surface area contributed by atoms with Crippen molar-refractivity contribution in [3.63, 3.8) is 0 Å². The Morgan fingerprint density at radius 3 is 2.47 bits per heavy atom. The third-order valence-corrected chi connectivity index (χ3v) is 8.75. The number of rotatable bonds is 8. The Morgan fingerprint density at radius 1 is 1.03 bits per heavy atom. The molecule has 2 aromatic rings. The SMILES string of the molecule is C[C@H]1CC[C@@H](C2=C(c3ccc(CC4CN(CCCF)C4)cc3)c3ccc(C(=O)O)cc3CCC2)CC1. The van der Waals surface area contributed by atoms with Gasteiger partial charge in [-0.15, -0.1) is 0 Å². The van der Waals surface area contributed by atoms with Gasteiger partial charge in [0.25, 0.3) is 0 Å². The fourth-order valence-corrected chi connectivity index (χ4v) is 6.72. The molecule has 2 fully saturated rings. The molecule has 1 heterocycles. The zero-order valence-corrected chi connectivity index (χ0v) is 21.6. The molecule has 36 heavy (non-hydrogen) atoms. The van der Waals surface area contributed by atoms with Crippen LogP contribution in [0.1, 0.15) is 84.5 Å². The van der Waals surface area contributed by atoms with Crippen molar-refractivity contribution in [3.05, 3.63) is 75.9 Å². The van der Waals surface area contributed by atoms with Crippen LogP contribution in [0.5, 0.6) is 0 Å². The topological polar surface area (TPSA) is 40.5 Å². The molecule has 0 spiro atoms. The molecule has 0 atom stereocenters. The fraction of sp³-hybridized carbons (Fsp3) is 0.531. The van der Waals surface area contributed by atoms with Crippen molar-refractivity contribution in [3.8, 4) is 0 Å². The summed E-state index contributed by atoms with van der Waals surface area (Å²) in [6.45, 7) is 5.20. The van der Waals surface area contributed by atoms with E-state index < -0.39 is 5.97 Å². The van der Waals surface area contributed by atoms with Crippen molar-refractivity contribution >= 4 is 11.5 Å². The number of aryl methyl sites for hydroxylation is 1. The molecule has 0 unspecified atom stereocenters. The molecule has 1 saturated heterocycles. The summed E-state index contributed by atoms with van der Waals surface area (Å²) in [5.74, 6) is 1.27. The van der Waals surface area contributed by atoms with Gasteiger partial charge in [0, 0.05) is 19.6 Å². The Bertz CT molecular complexity index is 1090. The zero-order chi connectivity index (χ0) is 25.1. The number of carboxylic acid groups (broad SMARTS) is 1. The number of likely N-dealkylation sites (tertiary alicyclic amines) is 1. The summed E-state index contributed by atoms with van der Waals surface area (Å²) in [7, 11) is 0. The number of carboxylic acids is 1. The quantitative estimate of drug-likeness (QED) is 0.427. The minimum atomic E-state index is -0.849. The molecule has 1 N–H and O–H groups in total. The minimum Gasteiger partial charge on any atom is -0.478 e. The van der Waals surface area contributed by atoms with Gasteiger partial charge in [0.15, 0.2) is 0 Å². The zero-order valence-electron chi connectivity index (χ0n) is 21.6. The van der Waals surface area contributed by atoms with Crippen molar-refractivity contribution in [2.24, 2.45) is 17.8 Å². The number of carbonyl (C=O) groups is 1. The molecule has 0 amide bonds. The Labute approximate surface area is 215 Å². The first-order valence-corrected chi connectivity index (χ1v) is 14.0. The predicted octanol–water partition coefficient (Wildman–Crippen LogP) is 7.18. The summed E-state index contributed by atoms with van der Waals surface area (Å²) in [5, 5.41) is 9.58. The van der Waals surface area contributed by atoms with Crippen LogP contribution in [-0.4, -0.2) is 42.3 Å². The van der Waals surface area contributed by atoms with Crippen LogP contribution in [-0.2, 0) is 12.8 Å². The highest BCUT2D eigenvalue weighted by molar-refractivity contribution is 5.90. The van der Waals surface area contributed by atoms with Crippen LogP contribution in [0.2, 0.25) is 0 Å². The van der Waals surface area contributed by atoms with Gasteiger partial charge in [0.2, 0.25) is 0 Å². The Balaban J connectivity index is 1.43. The summed E-state index contributed by atoms with van der Waals surface area (Å²) in [4.78, 5) is 14.0. The largest absolute Gasteiger partial charge is 0.478 e. The smallest absolute Gasteiger partial charge is 0.335 e. The van der Waals surface area contributed by atoms with Gasteiger partial charge in [0.1, 0.15) is 0 Å². The predicted molar refractivity (Wildman–Crippen MR) is 144 cm³/mol. The second kappa shape index (κ2) is 11.3. The van der Waals surface area contributed by atoms with E-state index in [1.807, 2.05) is 6.07 Å². The molecule has 5 rings (SSSR count). The first-order valence-electron chi connectivity index (χ1n) is 14.0. The maximum absolute atomic E-state index is 12.4. The van der Waals surface area contributed by atoms with Crippen LogP contribution in [0.3, 0.4) is 0 Å². The van der Waals surface area contributed by atoms with Crippen LogP contribution < -0.4 is 0 Å². The lowest BCUT2D eigenvalue weighted by Gasteiger charge is -2.39. The second-order valence-corrected chi connectivity index (χ2v) is 11.5. The highest BCUT2D eigenvalue weighted by Crippen LogP contribution is 2.43. The van der Waals surface area contributed by atoms with Gasteiger partial charge in [-0.3, -0.25) is 4.39 Å². The number of allylic oxidation sites excluding steroid dienone is 1. The number of halogens is 1. The van der Waals surface area contributed by atoms with Crippen LogP contribution >= 0.6 is 0 Å². The van der Waals surface area contributed by atoms with E-state index in [0.717, 1.165) is 51.2 Å². The van der Waals surface area contributed by atoms with Crippen LogP contribution in [0, 0.1) is 17.8 Å². The van der Waals surface area contributed by atoms with Gasteiger partial charge < -0.3 is 10.0 Å². The average molecular weight is 490 g/mol. The van der Waals surface area contributed by atoms with Gasteiger partial charge in [-0.05, 0) is 103 Å². The molecular weight excluding hydrogens is 449 g/mol. The summed E-state index contributed by atoms with van der Waals surface area (Å²) < 4.78 is 12.4. The lowest BCUT2D eigenvalue weighted by atomic mass is 9.75. The number of fused-ring (bicyclic) bond motifs is 1. The first kappa shape index (κ1) is 25.2. The van der Waals surface area contributed by atoms with Crippen molar-refractivity contribution in [1.29, 1.82) is 0 Å². The molecule has 4 heteroatoms. The molecule has 3 aliphatic rings. The molecule has 3 nitrogen and oxygen atoms in total. The van der Waals surface area contributed by atoms with Crippen molar-refractivity contribution in [2.45, 2.75) is 64.7 Å².